The lowest BCUT2D eigenvalue weighted by atomic mass is 9.96. The molecule has 102 valence electrons. The highest BCUT2D eigenvalue weighted by Crippen LogP contribution is 2.16. The molecular weight excluding hydrogens is 240 g/mol. The zero-order valence-electron chi connectivity index (χ0n) is 10.2. The Hall–Kier alpha value is -1.63. The predicted molar refractivity (Wildman–Crippen MR) is 62.0 cm³/mol. The highest BCUT2D eigenvalue weighted by Gasteiger charge is 2.32. The average Bonchev–Trinajstić information content (AvgIpc) is 2.69. The Balaban J connectivity index is 2.52. The van der Waals surface area contributed by atoms with Crippen LogP contribution in [-0.4, -0.2) is 47.2 Å². The van der Waals surface area contributed by atoms with Gasteiger partial charge in [0.15, 0.2) is 0 Å². The van der Waals surface area contributed by atoms with E-state index in [1.807, 2.05) is 6.92 Å². The van der Waals surface area contributed by atoms with Gasteiger partial charge in [-0.25, -0.2) is 4.79 Å². The third kappa shape index (κ3) is 3.99. The fourth-order valence-corrected chi connectivity index (χ4v) is 1.97. The Bertz CT molecular complexity index is 344. The van der Waals surface area contributed by atoms with Crippen LogP contribution in [0.15, 0.2) is 0 Å². The van der Waals surface area contributed by atoms with Crippen molar-refractivity contribution in [1.82, 2.24) is 10.6 Å². The SMILES string of the molecule is CC1CNCC1C(=O)NC(CCC(=O)O)C(=O)O. The lowest BCUT2D eigenvalue weighted by Crippen LogP contribution is -2.45. The van der Waals surface area contributed by atoms with Crippen LogP contribution in [0.2, 0.25) is 0 Å². The van der Waals surface area contributed by atoms with Crippen LogP contribution in [0.1, 0.15) is 19.8 Å². The topological polar surface area (TPSA) is 116 Å². The average molecular weight is 258 g/mol. The molecule has 7 nitrogen and oxygen atoms in total. The highest BCUT2D eigenvalue weighted by atomic mass is 16.4. The lowest BCUT2D eigenvalue weighted by molar-refractivity contribution is -0.143. The van der Waals surface area contributed by atoms with Crippen LogP contribution < -0.4 is 10.6 Å². The van der Waals surface area contributed by atoms with Crippen molar-refractivity contribution in [2.45, 2.75) is 25.8 Å². The van der Waals surface area contributed by atoms with E-state index in [-0.39, 0.29) is 30.6 Å². The molecule has 3 atom stereocenters. The van der Waals surface area contributed by atoms with Crippen molar-refractivity contribution < 1.29 is 24.6 Å². The van der Waals surface area contributed by atoms with E-state index < -0.39 is 18.0 Å². The first-order chi connectivity index (χ1) is 8.41. The van der Waals surface area contributed by atoms with Gasteiger partial charge in [0.2, 0.25) is 5.91 Å². The molecule has 0 aromatic rings. The first-order valence-corrected chi connectivity index (χ1v) is 5.87. The maximum Gasteiger partial charge on any atom is 0.326 e. The predicted octanol–water partition coefficient (Wildman–Crippen LogP) is -0.724. The van der Waals surface area contributed by atoms with E-state index in [4.69, 9.17) is 10.2 Å². The summed E-state index contributed by atoms with van der Waals surface area (Å²) in [7, 11) is 0. The lowest BCUT2D eigenvalue weighted by Gasteiger charge is -2.18. The van der Waals surface area contributed by atoms with Crippen LogP contribution in [0.4, 0.5) is 0 Å². The van der Waals surface area contributed by atoms with E-state index in [2.05, 4.69) is 10.6 Å². The van der Waals surface area contributed by atoms with E-state index in [0.29, 0.717) is 6.54 Å². The second-order valence-electron chi connectivity index (χ2n) is 4.57. The normalized spacial score (nSPS) is 24.5. The van der Waals surface area contributed by atoms with Crippen molar-refractivity contribution in [1.29, 1.82) is 0 Å². The van der Waals surface area contributed by atoms with Crippen molar-refractivity contribution >= 4 is 17.8 Å². The molecule has 1 aliphatic rings. The fraction of sp³-hybridized carbons (Fsp3) is 0.727. The molecule has 7 heteroatoms. The second-order valence-corrected chi connectivity index (χ2v) is 4.57. The van der Waals surface area contributed by atoms with Gasteiger partial charge in [0.25, 0.3) is 0 Å². The summed E-state index contributed by atoms with van der Waals surface area (Å²) in [6.07, 6.45) is -0.388. The summed E-state index contributed by atoms with van der Waals surface area (Å²) < 4.78 is 0. The number of amides is 1. The number of hydrogen-bond donors (Lipinski definition) is 4. The summed E-state index contributed by atoms with van der Waals surface area (Å²) in [6.45, 7) is 3.17. The number of aliphatic carboxylic acids is 2. The molecule has 1 heterocycles. The van der Waals surface area contributed by atoms with Crippen molar-refractivity contribution in [3.63, 3.8) is 0 Å². The summed E-state index contributed by atoms with van der Waals surface area (Å²) in [6, 6.07) is -1.14. The molecule has 1 aliphatic heterocycles. The molecule has 18 heavy (non-hydrogen) atoms. The molecule has 1 amide bonds. The standard InChI is InChI=1S/C11H18N2O5/c1-6-4-12-5-7(6)10(16)13-8(11(17)18)2-3-9(14)15/h6-8,12H,2-5H2,1H3,(H,13,16)(H,14,15)(H,17,18). The third-order valence-corrected chi connectivity index (χ3v) is 3.12. The number of nitrogens with one attached hydrogen (secondary N) is 2. The molecule has 1 rings (SSSR count). The Morgan fingerprint density at radius 2 is 2.00 bits per heavy atom. The minimum atomic E-state index is -1.21. The van der Waals surface area contributed by atoms with Crippen LogP contribution in [0.25, 0.3) is 0 Å². The van der Waals surface area contributed by atoms with Crippen molar-refractivity contribution in [3.05, 3.63) is 0 Å². The number of hydrogen-bond acceptors (Lipinski definition) is 4. The molecule has 4 N–H and O–H groups in total. The van der Waals surface area contributed by atoms with Crippen LogP contribution in [-0.2, 0) is 14.4 Å². The Morgan fingerprint density at radius 1 is 1.33 bits per heavy atom. The smallest absolute Gasteiger partial charge is 0.326 e. The molecule has 0 spiro atoms. The zero-order valence-corrected chi connectivity index (χ0v) is 10.2. The van der Waals surface area contributed by atoms with Crippen molar-refractivity contribution in [2.75, 3.05) is 13.1 Å². The van der Waals surface area contributed by atoms with Crippen LogP contribution in [0, 0.1) is 11.8 Å². The molecule has 1 fully saturated rings. The van der Waals surface area contributed by atoms with Gasteiger partial charge in [-0.2, -0.15) is 0 Å². The summed E-state index contributed by atoms with van der Waals surface area (Å²) in [5.74, 6) is -2.71. The first kappa shape index (κ1) is 14.4. The van der Waals surface area contributed by atoms with Crippen LogP contribution >= 0.6 is 0 Å². The van der Waals surface area contributed by atoms with Gasteiger partial charge < -0.3 is 20.8 Å². The van der Waals surface area contributed by atoms with Gasteiger partial charge in [0, 0.05) is 13.0 Å². The molecular formula is C11H18N2O5. The summed E-state index contributed by atoms with van der Waals surface area (Å²) in [4.78, 5) is 33.2. The number of carboxylic acids is 2. The summed E-state index contributed by atoms with van der Waals surface area (Å²) in [5.41, 5.74) is 0. The molecule has 0 saturated carbocycles. The van der Waals surface area contributed by atoms with E-state index in [1.165, 1.54) is 0 Å². The molecule has 3 unspecified atom stereocenters. The summed E-state index contributed by atoms with van der Waals surface area (Å²) in [5, 5.41) is 22.9. The minimum absolute atomic E-state index is 0.106. The van der Waals surface area contributed by atoms with E-state index in [9.17, 15) is 14.4 Å². The molecule has 0 aromatic heterocycles. The Kier molecular flexibility index (Phi) is 5.08. The zero-order chi connectivity index (χ0) is 13.7. The maximum absolute atomic E-state index is 11.9. The van der Waals surface area contributed by atoms with Gasteiger partial charge in [-0.3, -0.25) is 9.59 Å². The van der Waals surface area contributed by atoms with E-state index in [0.717, 1.165) is 6.54 Å². The number of rotatable bonds is 6. The summed E-state index contributed by atoms with van der Waals surface area (Å²) >= 11 is 0. The van der Waals surface area contributed by atoms with Gasteiger partial charge in [0.05, 0.1) is 5.92 Å². The Labute approximate surface area is 105 Å². The van der Waals surface area contributed by atoms with Gasteiger partial charge in [0.1, 0.15) is 6.04 Å². The molecule has 0 radical (unpaired) electrons. The molecule has 0 bridgehead atoms. The number of carbonyl (C=O) groups is 3. The fourth-order valence-electron chi connectivity index (χ4n) is 1.97. The van der Waals surface area contributed by atoms with Crippen molar-refractivity contribution in [3.8, 4) is 0 Å². The molecule has 1 saturated heterocycles. The van der Waals surface area contributed by atoms with Gasteiger partial charge in [-0.1, -0.05) is 6.92 Å². The highest BCUT2D eigenvalue weighted by molar-refractivity contribution is 5.85. The van der Waals surface area contributed by atoms with Gasteiger partial charge in [-0.15, -0.1) is 0 Å². The van der Waals surface area contributed by atoms with Crippen LogP contribution in [0.3, 0.4) is 0 Å². The Morgan fingerprint density at radius 3 is 2.44 bits per heavy atom. The van der Waals surface area contributed by atoms with E-state index >= 15 is 0 Å². The van der Waals surface area contributed by atoms with Crippen molar-refractivity contribution in [2.24, 2.45) is 11.8 Å². The monoisotopic (exact) mass is 258 g/mol. The number of carboxylic acid groups (broad SMARTS) is 2. The second kappa shape index (κ2) is 6.34. The molecule has 0 aromatic carbocycles. The largest absolute Gasteiger partial charge is 0.481 e. The van der Waals surface area contributed by atoms with E-state index in [1.54, 1.807) is 0 Å². The third-order valence-electron chi connectivity index (χ3n) is 3.12. The maximum atomic E-state index is 11.9. The minimum Gasteiger partial charge on any atom is -0.481 e. The molecule has 0 aliphatic carbocycles. The van der Waals surface area contributed by atoms with Gasteiger partial charge in [-0.05, 0) is 18.9 Å². The first-order valence-electron chi connectivity index (χ1n) is 5.87. The quantitative estimate of drug-likeness (QED) is 0.499. The van der Waals surface area contributed by atoms with Crippen LogP contribution in [0.5, 0.6) is 0 Å². The van der Waals surface area contributed by atoms with Gasteiger partial charge >= 0.3 is 11.9 Å². The number of carbonyl (C=O) groups excluding carboxylic acids is 1.